The van der Waals surface area contributed by atoms with E-state index < -0.39 is 12.2 Å². The Morgan fingerprint density at radius 2 is 1.44 bits per heavy atom. The first-order valence-electron chi connectivity index (χ1n) is 7.68. The highest BCUT2D eigenvalue weighted by molar-refractivity contribution is 5.70. The number of ether oxygens (including phenoxy) is 3. The summed E-state index contributed by atoms with van der Waals surface area (Å²) in [7, 11) is 3.21. The largest absolute Gasteiger partial charge is 0.497 e. The molecule has 25 heavy (non-hydrogen) atoms. The number of nitrogens with zero attached hydrogens (tertiary/aromatic N) is 2. The number of hydrogen-bond acceptors (Lipinski definition) is 5. The molecule has 1 heterocycles. The number of carbonyl (C=O) groups excluding carboxylic acids is 1. The van der Waals surface area contributed by atoms with E-state index in [2.05, 4.69) is 4.98 Å². The number of benzene rings is 2. The van der Waals surface area contributed by atoms with Gasteiger partial charge in [0, 0.05) is 12.4 Å². The fourth-order valence-electron chi connectivity index (χ4n) is 2.41. The van der Waals surface area contributed by atoms with Gasteiger partial charge in [0.15, 0.2) is 6.10 Å². The Hall–Kier alpha value is -3.28. The van der Waals surface area contributed by atoms with Gasteiger partial charge in [0.2, 0.25) is 0 Å². The second kappa shape index (κ2) is 7.53. The summed E-state index contributed by atoms with van der Waals surface area (Å²) in [6, 6.07) is 14.8. The van der Waals surface area contributed by atoms with Crippen LogP contribution in [0.15, 0.2) is 67.3 Å². The van der Waals surface area contributed by atoms with Crippen LogP contribution < -0.4 is 9.47 Å². The fourth-order valence-corrected chi connectivity index (χ4v) is 2.41. The van der Waals surface area contributed by atoms with Crippen LogP contribution in [0.3, 0.4) is 0 Å². The lowest BCUT2D eigenvalue weighted by atomic mass is 10.0. The number of imidazole rings is 1. The lowest BCUT2D eigenvalue weighted by molar-refractivity contribution is 0.118. The molecule has 0 spiro atoms. The van der Waals surface area contributed by atoms with Gasteiger partial charge in [-0.15, -0.1) is 0 Å². The van der Waals surface area contributed by atoms with Crippen LogP contribution in [0.5, 0.6) is 11.5 Å². The van der Waals surface area contributed by atoms with Crippen LogP contribution in [0.1, 0.15) is 17.2 Å². The zero-order chi connectivity index (χ0) is 17.6. The number of methoxy groups -OCH3 is 2. The number of aromatic nitrogens is 2. The molecule has 3 aromatic rings. The van der Waals surface area contributed by atoms with Crippen molar-refractivity contribution in [2.24, 2.45) is 0 Å². The standard InChI is InChI=1S/C19H18N2O4/c1-23-16-7-3-14(4-8-16)18(15-5-9-17(24-2)10-6-15)25-19(22)21-12-11-20-13-21/h3-13,18H,1-2H3. The molecule has 2 aromatic carbocycles. The van der Waals surface area contributed by atoms with Gasteiger partial charge in [-0.2, -0.15) is 0 Å². The molecule has 6 nitrogen and oxygen atoms in total. The zero-order valence-corrected chi connectivity index (χ0v) is 14.0. The summed E-state index contributed by atoms with van der Waals surface area (Å²) in [5.74, 6) is 1.47. The van der Waals surface area contributed by atoms with E-state index >= 15 is 0 Å². The quantitative estimate of drug-likeness (QED) is 0.710. The topological polar surface area (TPSA) is 62.6 Å². The molecule has 1 aromatic heterocycles. The van der Waals surface area contributed by atoms with Crippen molar-refractivity contribution in [2.45, 2.75) is 6.10 Å². The van der Waals surface area contributed by atoms with Crippen LogP contribution in [0.4, 0.5) is 4.79 Å². The molecule has 128 valence electrons. The van der Waals surface area contributed by atoms with Gasteiger partial charge in [-0.1, -0.05) is 24.3 Å². The minimum Gasteiger partial charge on any atom is -0.497 e. The zero-order valence-electron chi connectivity index (χ0n) is 14.0. The van der Waals surface area contributed by atoms with E-state index in [4.69, 9.17) is 14.2 Å². The van der Waals surface area contributed by atoms with Crippen LogP contribution >= 0.6 is 0 Å². The van der Waals surface area contributed by atoms with Gasteiger partial charge in [-0.05, 0) is 35.4 Å². The van der Waals surface area contributed by atoms with Crippen molar-refractivity contribution >= 4 is 6.09 Å². The second-order valence-electron chi connectivity index (χ2n) is 5.28. The first-order valence-corrected chi connectivity index (χ1v) is 7.68. The van der Waals surface area contributed by atoms with Gasteiger partial charge in [-0.3, -0.25) is 0 Å². The third-order valence-corrected chi connectivity index (χ3v) is 3.77. The molecule has 0 aliphatic heterocycles. The highest BCUT2D eigenvalue weighted by Gasteiger charge is 2.20. The van der Waals surface area contributed by atoms with Gasteiger partial charge >= 0.3 is 6.09 Å². The Morgan fingerprint density at radius 3 is 1.84 bits per heavy atom. The molecule has 0 atom stereocenters. The average Bonchev–Trinajstić information content (AvgIpc) is 3.21. The van der Waals surface area contributed by atoms with Gasteiger partial charge in [0.25, 0.3) is 0 Å². The van der Waals surface area contributed by atoms with Gasteiger partial charge in [0.1, 0.15) is 17.8 Å². The smallest absolute Gasteiger partial charge is 0.420 e. The third-order valence-electron chi connectivity index (χ3n) is 3.77. The molecule has 0 radical (unpaired) electrons. The number of carbonyl (C=O) groups is 1. The molecule has 3 rings (SSSR count). The van der Waals surface area contributed by atoms with E-state index in [1.807, 2.05) is 48.5 Å². The van der Waals surface area contributed by atoms with Crippen molar-refractivity contribution < 1.29 is 19.0 Å². The Balaban J connectivity index is 1.92. The van der Waals surface area contributed by atoms with Crippen molar-refractivity contribution in [3.8, 4) is 11.5 Å². The Morgan fingerprint density at radius 1 is 0.920 bits per heavy atom. The van der Waals surface area contributed by atoms with Crippen molar-refractivity contribution in [1.82, 2.24) is 9.55 Å². The molecule has 0 saturated carbocycles. The lowest BCUT2D eigenvalue weighted by Crippen LogP contribution is -2.17. The minimum atomic E-state index is -0.563. The summed E-state index contributed by atoms with van der Waals surface area (Å²) in [6.07, 6.45) is 3.40. The monoisotopic (exact) mass is 338 g/mol. The summed E-state index contributed by atoms with van der Waals surface area (Å²) >= 11 is 0. The van der Waals surface area contributed by atoms with E-state index in [9.17, 15) is 4.79 Å². The fraction of sp³-hybridized carbons (Fsp3) is 0.158. The normalized spacial score (nSPS) is 10.5. The van der Waals surface area contributed by atoms with Crippen LogP contribution in [0.25, 0.3) is 0 Å². The molecule has 0 bridgehead atoms. The predicted molar refractivity (Wildman–Crippen MR) is 91.9 cm³/mol. The van der Waals surface area contributed by atoms with Gasteiger partial charge < -0.3 is 14.2 Å². The molecule has 0 amide bonds. The van der Waals surface area contributed by atoms with E-state index in [0.717, 1.165) is 22.6 Å². The number of hydrogen-bond donors (Lipinski definition) is 0. The average molecular weight is 338 g/mol. The first-order chi connectivity index (χ1) is 12.2. The summed E-state index contributed by atoms with van der Waals surface area (Å²) in [4.78, 5) is 16.2. The van der Waals surface area contributed by atoms with Crippen molar-refractivity contribution in [2.75, 3.05) is 14.2 Å². The van der Waals surface area contributed by atoms with Gasteiger partial charge in [-0.25, -0.2) is 14.3 Å². The molecule has 0 aliphatic carbocycles. The van der Waals surface area contributed by atoms with Crippen LogP contribution in [0.2, 0.25) is 0 Å². The van der Waals surface area contributed by atoms with Crippen LogP contribution in [-0.2, 0) is 4.74 Å². The molecule has 0 saturated heterocycles. The van der Waals surface area contributed by atoms with E-state index in [1.54, 1.807) is 20.4 Å². The van der Waals surface area contributed by atoms with Crippen molar-refractivity contribution in [1.29, 1.82) is 0 Å². The van der Waals surface area contributed by atoms with Gasteiger partial charge in [0.05, 0.1) is 14.2 Å². The Labute approximate surface area is 145 Å². The van der Waals surface area contributed by atoms with Crippen molar-refractivity contribution in [3.05, 3.63) is 78.4 Å². The van der Waals surface area contributed by atoms with E-state index in [1.165, 1.54) is 17.1 Å². The molecular formula is C19H18N2O4. The lowest BCUT2D eigenvalue weighted by Gasteiger charge is -2.19. The van der Waals surface area contributed by atoms with E-state index in [0.29, 0.717) is 0 Å². The van der Waals surface area contributed by atoms with E-state index in [-0.39, 0.29) is 0 Å². The molecule has 0 aliphatic rings. The summed E-state index contributed by atoms with van der Waals surface area (Å²) in [5.41, 5.74) is 1.67. The second-order valence-corrected chi connectivity index (χ2v) is 5.28. The number of rotatable bonds is 5. The van der Waals surface area contributed by atoms with Crippen LogP contribution in [0, 0.1) is 0 Å². The van der Waals surface area contributed by atoms with Crippen LogP contribution in [-0.4, -0.2) is 29.9 Å². The highest BCUT2D eigenvalue weighted by atomic mass is 16.6. The highest BCUT2D eigenvalue weighted by Crippen LogP contribution is 2.29. The minimum absolute atomic E-state index is 0.505. The summed E-state index contributed by atoms with van der Waals surface area (Å²) in [5, 5.41) is 0. The predicted octanol–water partition coefficient (Wildman–Crippen LogP) is 3.67. The maximum absolute atomic E-state index is 12.4. The molecular weight excluding hydrogens is 320 g/mol. The summed E-state index contributed by atoms with van der Waals surface area (Å²) in [6.45, 7) is 0. The maximum Gasteiger partial charge on any atom is 0.420 e. The Bertz CT molecular complexity index is 764. The molecule has 0 unspecified atom stereocenters. The summed E-state index contributed by atoms with van der Waals surface area (Å²) < 4.78 is 17.4. The first kappa shape index (κ1) is 16.6. The SMILES string of the molecule is COc1ccc(C(OC(=O)n2ccnc2)c2ccc(OC)cc2)cc1. The molecule has 0 N–H and O–H groups in total. The maximum atomic E-state index is 12.4. The molecule has 6 heteroatoms. The third kappa shape index (κ3) is 3.80. The Kier molecular flexibility index (Phi) is 4.99. The van der Waals surface area contributed by atoms with Crippen molar-refractivity contribution in [3.63, 3.8) is 0 Å². The molecule has 0 fully saturated rings.